The highest BCUT2D eigenvalue weighted by atomic mass is 16.3. The molecule has 5 heteroatoms. The maximum Gasteiger partial charge on any atom is 0.333 e. The van der Waals surface area contributed by atoms with Gasteiger partial charge in [0.15, 0.2) is 5.58 Å². The standard InChI is InChI=1S/C65H48BN3O/c1-64(2,3)40-35-49-58-44-24-13-12-19-39(44)31-34-53(58)69-62(49)50(36-40)59-60-48(45-25-14-16-28-51(45)65(60,4)5)38-56-61(59)66(69)52-33-32-43(67(41-20-8-6-9-21-41)42-22-10-7-11-23-42)37-55(52)68(56)54-29-18-27-47-46-26-15-17-30-57(46)70-63(47)54/h6-38H,1-5H3. The Labute approximate surface area is 407 Å². The van der Waals surface area contributed by atoms with E-state index in [4.69, 9.17) is 4.42 Å². The molecule has 0 amide bonds. The third-order valence-corrected chi connectivity index (χ3v) is 16.0. The zero-order chi connectivity index (χ0) is 46.8. The Hall–Kier alpha value is -8.28. The summed E-state index contributed by atoms with van der Waals surface area (Å²) in [6.07, 6.45) is 0. The lowest BCUT2D eigenvalue weighted by molar-refractivity contribution is 0.591. The molecule has 0 N–H and O–H groups in total. The lowest BCUT2D eigenvalue weighted by Crippen LogP contribution is -2.57. The van der Waals surface area contributed by atoms with E-state index in [2.05, 4.69) is 249 Å². The molecular weight excluding hydrogens is 850 g/mol. The largest absolute Gasteiger partial charge is 0.454 e. The van der Waals surface area contributed by atoms with E-state index in [1.54, 1.807) is 0 Å². The van der Waals surface area contributed by atoms with E-state index in [1.807, 2.05) is 0 Å². The minimum absolute atomic E-state index is 0.105. The lowest BCUT2D eigenvalue weighted by Gasteiger charge is -2.43. The highest BCUT2D eigenvalue weighted by Gasteiger charge is 2.49. The van der Waals surface area contributed by atoms with Crippen LogP contribution >= 0.6 is 0 Å². The summed E-state index contributed by atoms with van der Waals surface area (Å²) in [6, 6.07) is 74.5. The van der Waals surface area contributed by atoms with Crippen molar-refractivity contribution in [3.63, 3.8) is 0 Å². The van der Waals surface area contributed by atoms with Gasteiger partial charge in [0.25, 0.3) is 0 Å². The molecule has 0 unspecified atom stereocenters. The van der Waals surface area contributed by atoms with Crippen molar-refractivity contribution >= 4 is 106 Å². The van der Waals surface area contributed by atoms with Crippen molar-refractivity contribution in [3.8, 4) is 22.3 Å². The van der Waals surface area contributed by atoms with Crippen molar-refractivity contribution in [1.82, 2.24) is 4.48 Å². The maximum absolute atomic E-state index is 7.05. The average Bonchev–Trinajstić information content (AvgIpc) is 4.01. The Bertz CT molecular complexity index is 4170. The molecule has 0 saturated carbocycles. The van der Waals surface area contributed by atoms with Crippen LogP contribution in [0.15, 0.2) is 205 Å². The van der Waals surface area contributed by atoms with Gasteiger partial charge in [-0.2, -0.15) is 0 Å². The highest BCUT2D eigenvalue weighted by Crippen LogP contribution is 2.58. The molecule has 12 aromatic rings. The van der Waals surface area contributed by atoms with Crippen molar-refractivity contribution in [2.45, 2.75) is 45.4 Å². The Morgan fingerprint density at radius 1 is 0.529 bits per heavy atom. The minimum Gasteiger partial charge on any atom is -0.454 e. The molecule has 15 rings (SSSR count). The predicted molar refractivity (Wildman–Crippen MR) is 296 cm³/mol. The molecule has 0 fully saturated rings. The van der Waals surface area contributed by atoms with Crippen LogP contribution in [0.4, 0.5) is 34.1 Å². The number of anilines is 6. The van der Waals surface area contributed by atoms with Gasteiger partial charge in [-0.15, -0.1) is 0 Å². The van der Waals surface area contributed by atoms with Crippen LogP contribution in [0.1, 0.15) is 51.3 Å². The van der Waals surface area contributed by atoms with E-state index >= 15 is 0 Å². The fraction of sp³-hybridized carbons (Fsp3) is 0.108. The monoisotopic (exact) mass is 897 g/mol. The van der Waals surface area contributed by atoms with Crippen LogP contribution in [-0.2, 0) is 10.8 Å². The van der Waals surface area contributed by atoms with Crippen molar-refractivity contribution < 1.29 is 4.42 Å². The first kappa shape index (κ1) is 39.7. The number of fused-ring (bicyclic) bond motifs is 16. The molecule has 1 aliphatic carbocycles. The zero-order valence-electron chi connectivity index (χ0n) is 39.9. The summed E-state index contributed by atoms with van der Waals surface area (Å²) in [7, 11) is 0. The number of benzene rings is 10. The Morgan fingerprint density at radius 2 is 1.23 bits per heavy atom. The van der Waals surface area contributed by atoms with E-state index in [9.17, 15) is 0 Å². The zero-order valence-corrected chi connectivity index (χ0v) is 39.9. The molecular formula is C65H48BN3O. The number of hydrogen-bond donors (Lipinski definition) is 0. The second-order valence-electron chi connectivity index (χ2n) is 21.2. The number of para-hydroxylation sites is 4. The minimum atomic E-state index is -0.272. The van der Waals surface area contributed by atoms with E-state index in [0.29, 0.717) is 0 Å². The van der Waals surface area contributed by atoms with Crippen LogP contribution in [-0.4, -0.2) is 11.3 Å². The summed E-state index contributed by atoms with van der Waals surface area (Å²) in [4.78, 5) is 4.96. The summed E-state index contributed by atoms with van der Waals surface area (Å²) >= 11 is 0. The molecule has 4 heterocycles. The molecule has 2 aromatic heterocycles. The molecule has 0 radical (unpaired) electrons. The first-order valence-electron chi connectivity index (χ1n) is 24.7. The van der Waals surface area contributed by atoms with Crippen LogP contribution in [0.3, 0.4) is 0 Å². The fourth-order valence-electron chi connectivity index (χ4n) is 12.9. The van der Waals surface area contributed by atoms with Crippen LogP contribution in [0.2, 0.25) is 0 Å². The molecule has 70 heavy (non-hydrogen) atoms. The van der Waals surface area contributed by atoms with E-state index in [-0.39, 0.29) is 17.7 Å². The topological polar surface area (TPSA) is 24.6 Å². The van der Waals surface area contributed by atoms with Gasteiger partial charge in [0, 0.05) is 72.0 Å². The van der Waals surface area contributed by atoms with Crippen molar-refractivity contribution in [2.24, 2.45) is 0 Å². The normalized spacial score (nSPS) is 14.1. The molecule has 0 spiro atoms. The maximum atomic E-state index is 7.05. The Balaban J connectivity index is 1.15. The van der Waals surface area contributed by atoms with Crippen LogP contribution < -0.4 is 20.7 Å². The number of aromatic nitrogens is 1. The Morgan fingerprint density at radius 3 is 2.01 bits per heavy atom. The summed E-state index contributed by atoms with van der Waals surface area (Å²) in [5, 5.41) is 7.41. The van der Waals surface area contributed by atoms with E-state index in [1.165, 1.54) is 88.1 Å². The van der Waals surface area contributed by atoms with Crippen molar-refractivity contribution in [2.75, 3.05) is 9.80 Å². The number of hydrogen-bond acceptors (Lipinski definition) is 3. The molecule has 332 valence electrons. The molecule has 0 saturated heterocycles. The molecule has 10 aromatic carbocycles. The van der Waals surface area contributed by atoms with Crippen molar-refractivity contribution in [1.29, 1.82) is 0 Å². The molecule has 4 nitrogen and oxygen atoms in total. The number of rotatable bonds is 4. The van der Waals surface area contributed by atoms with Crippen molar-refractivity contribution in [3.05, 3.63) is 217 Å². The number of furan rings is 1. The SMILES string of the molecule is CC(C)(C)c1cc2c3c(c1)c1c4ccccc4ccc1n3B1c3ccc(N(c4ccccc4)c4ccccc4)cc3N(c3cccc4c3oc3ccccc34)c3cc4c(c-2c31)C(C)(C)c1ccccc1-4. The van der Waals surface area contributed by atoms with Gasteiger partial charge in [-0.1, -0.05) is 162 Å². The predicted octanol–water partition coefficient (Wildman–Crippen LogP) is 16.3. The lowest BCUT2D eigenvalue weighted by atomic mass is 9.44. The highest BCUT2D eigenvalue weighted by molar-refractivity contribution is 6.90. The van der Waals surface area contributed by atoms with Gasteiger partial charge in [0.05, 0.1) is 5.69 Å². The number of nitrogens with zero attached hydrogens (tertiary/aromatic N) is 3. The molecule has 0 bridgehead atoms. The molecule has 3 aliphatic rings. The van der Waals surface area contributed by atoms with Gasteiger partial charge in [-0.25, -0.2) is 0 Å². The second-order valence-corrected chi connectivity index (χ2v) is 21.2. The van der Waals surface area contributed by atoms with E-state index in [0.717, 1.165) is 50.4 Å². The van der Waals surface area contributed by atoms with Gasteiger partial charge in [-0.3, -0.25) is 0 Å². The Kier molecular flexibility index (Phi) is 7.90. The average molecular weight is 898 g/mol. The van der Waals surface area contributed by atoms with Gasteiger partial charge in [0.1, 0.15) is 5.58 Å². The van der Waals surface area contributed by atoms with Crippen LogP contribution in [0, 0.1) is 0 Å². The van der Waals surface area contributed by atoms with Gasteiger partial charge >= 0.3 is 6.85 Å². The quantitative estimate of drug-likeness (QED) is 0.165. The second kappa shape index (κ2) is 13.9. The first-order chi connectivity index (χ1) is 34.1. The van der Waals surface area contributed by atoms with Gasteiger partial charge in [-0.05, 0) is 133 Å². The summed E-state index contributed by atoms with van der Waals surface area (Å²) in [6.45, 7) is 11.9. The van der Waals surface area contributed by atoms with Gasteiger partial charge in [0.2, 0.25) is 0 Å². The summed E-state index contributed by atoms with van der Waals surface area (Å²) < 4.78 is 9.78. The molecule has 2 aliphatic heterocycles. The van der Waals surface area contributed by atoms with Crippen LogP contribution in [0.5, 0.6) is 0 Å². The third-order valence-electron chi connectivity index (χ3n) is 16.0. The summed E-state index contributed by atoms with van der Waals surface area (Å²) in [5.74, 6) is 0. The third kappa shape index (κ3) is 5.22. The van der Waals surface area contributed by atoms with Crippen LogP contribution in [0.25, 0.3) is 76.8 Å². The van der Waals surface area contributed by atoms with Gasteiger partial charge < -0.3 is 18.7 Å². The summed E-state index contributed by atoms with van der Waals surface area (Å²) in [5.41, 5.74) is 22.5. The molecule has 0 atom stereocenters. The smallest absolute Gasteiger partial charge is 0.333 e. The first-order valence-corrected chi connectivity index (χ1v) is 24.7. The van der Waals surface area contributed by atoms with E-state index < -0.39 is 0 Å². The fourth-order valence-corrected chi connectivity index (χ4v) is 12.9.